The summed E-state index contributed by atoms with van der Waals surface area (Å²) >= 11 is 0. The first-order valence-electron chi connectivity index (χ1n) is 8.02. The van der Waals surface area contributed by atoms with E-state index in [9.17, 15) is 4.39 Å². The third-order valence-electron chi connectivity index (χ3n) is 4.24. The van der Waals surface area contributed by atoms with Gasteiger partial charge in [0, 0.05) is 29.6 Å². The summed E-state index contributed by atoms with van der Waals surface area (Å²) in [5.41, 5.74) is 9.96. The Morgan fingerprint density at radius 2 is 1.77 bits per heavy atom. The molecule has 0 radical (unpaired) electrons. The van der Waals surface area contributed by atoms with Crippen molar-refractivity contribution in [3.63, 3.8) is 0 Å². The van der Waals surface area contributed by atoms with Crippen LogP contribution in [0.5, 0.6) is 0 Å². The largest absolute Gasteiger partial charge is 0.356 e. The van der Waals surface area contributed by atoms with Gasteiger partial charge in [-0.3, -0.25) is 4.98 Å². The number of hydrogen-bond acceptors (Lipinski definition) is 4. The molecule has 2 N–H and O–H groups in total. The highest BCUT2D eigenvalue weighted by Crippen LogP contribution is 2.33. The predicted molar refractivity (Wildman–Crippen MR) is 102 cm³/mol. The Balaban J connectivity index is 0.00000196. The maximum atomic E-state index is 13.9. The van der Waals surface area contributed by atoms with Crippen LogP contribution in [0.1, 0.15) is 17.3 Å². The van der Waals surface area contributed by atoms with E-state index in [2.05, 4.69) is 10.1 Å². The molecule has 2 aromatic carbocycles. The van der Waals surface area contributed by atoms with Gasteiger partial charge in [0.05, 0.1) is 5.69 Å². The van der Waals surface area contributed by atoms with Crippen molar-refractivity contribution in [2.75, 3.05) is 0 Å². The number of pyridine rings is 1. The van der Waals surface area contributed by atoms with E-state index >= 15 is 0 Å². The summed E-state index contributed by atoms with van der Waals surface area (Å²) in [5.74, 6) is -0.345. The van der Waals surface area contributed by atoms with Gasteiger partial charge in [-0.15, -0.1) is 12.4 Å². The first-order valence-corrected chi connectivity index (χ1v) is 8.02. The summed E-state index contributed by atoms with van der Waals surface area (Å²) < 4.78 is 19.3. The third kappa shape index (κ3) is 3.31. The first kappa shape index (κ1) is 18.0. The number of fused-ring (bicyclic) bond motifs is 1. The van der Waals surface area contributed by atoms with Crippen LogP contribution < -0.4 is 5.73 Å². The van der Waals surface area contributed by atoms with Crippen molar-refractivity contribution in [1.82, 2.24) is 10.1 Å². The van der Waals surface area contributed by atoms with E-state index in [-0.39, 0.29) is 18.2 Å². The van der Waals surface area contributed by atoms with Crippen molar-refractivity contribution >= 4 is 23.4 Å². The SMILES string of the molecule is Cl.N[C@@H](Cc1ncccc1F)c1ccccc1-c1noc2ccccc12. The zero-order chi connectivity index (χ0) is 17.2. The van der Waals surface area contributed by atoms with Gasteiger partial charge in [-0.2, -0.15) is 0 Å². The molecule has 26 heavy (non-hydrogen) atoms. The summed E-state index contributed by atoms with van der Waals surface area (Å²) in [6.45, 7) is 0. The van der Waals surface area contributed by atoms with E-state index < -0.39 is 6.04 Å². The molecule has 0 saturated carbocycles. The summed E-state index contributed by atoms with van der Waals surface area (Å²) in [6.07, 6.45) is 1.88. The summed E-state index contributed by atoms with van der Waals surface area (Å²) in [4.78, 5) is 4.10. The topological polar surface area (TPSA) is 64.9 Å². The molecule has 0 aliphatic carbocycles. The average Bonchev–Trinajstić information content (AvgIpc) is 3.07. The number of nitrogens with two attached hydrogens (primary N) is 1. The Morgan fingerprint density at radius 3 is 2.62 bits per heavy atom. The molecule has 4 nitrogen and oxygen atoms in total. The van der Waals surface area contributed by atoms with Gasteiger partial charge in [-0.1, -0.05) is 41.6 Å². The van der Waals surface area contributed by atoms with Crippen molar-refractivity contribution in [2.45, 2.75) is 12.5 Å². The van der Waals surface area contributed by atoms with Crippen molar-refractivity contribution < 1.29 is 8.91 Å². The van der Waals surface area contributed by atoms with Crippen LogP contribution in [0.25, 0.3) is 22.2 Å². The minimum Gasteiger partial charge on any atom is -0.356 e. The van der Waals surface area contributed by atoms with Gasteiger partial charge in [0.1, 0.15) is 11.5 Å². The Kier molecular flexibility index (Phi) is 5.30. The fraction of sp³-hybridized carbons (Fsp3) is 0.100. The van der Waals surface area contributed by atoms with Gasteiger partial charge in [0.25, 0.3) is 0 Å². The lowest BCUT2D eigenvalue weighted by atomic mass is 9.94. The minimum absolute atomic E-state index is 0. The van der Waals surface area contributed by atoms with Gasteiger partial charge >= 0.3 is 0 Å². The number of aromatic nitrogens is 2. The molecule has 1 atom stereocenters. The highest BCUT2D eigenvalue weighted by molar-refractivity contribution is 5.92. The number of benzene rings is 2. The van der Waals surface area contributed by atoms with E-state index in [1.165, 1.54) is 6.07 Å². The van der Waals surface area contributed by atoms with E-state index in [0.717, 1.165) is 27.8 Å². The normalized spacial score (nSPS) is 11.9. The highest BCUT2D eigenvalue weighted by atomic mass is 35.5. The summed E-state index contributed by atoms with van der Waals surface area (Å²) in [6, 6.07) is 18.0. The molecule has 2 heterocycles. The monoisotopic (exact) mass is 369 g/mol. The van der Waals surface area contributed by atoms with Gasteiger partial charge in [-0.25, -0.2) is 4.39 Å². The number of rotatable bonds is 4. The lowest BCUT2D eigenvalue weighted by Crippen LogP contribution is -2.16. The van der Waals surface area contributed by atoms with Gasteiger partial charge in [-0.05, 0) is 29.8 Å². The Morgan fingerprint density at radius 1 is 1.00 bits per heavy atom. The van der Waals surface area contributed by atoms with Crippen LogP contribution in [-0.4, -0.2) is 10.1 Å². The van der Waals surface area contributed by atoms with Crippen molar-refractivity contribution in [2.24, 2.45) is 5.73 Å². The van der Waals surface area contributed by atoms with E-state index in [1.54, 1.807) is 12.3 Å². The molecule has 0 bridgehead atoms. The van der Waals surface area contributed by atoms with Crippen LogP contribution in [0.2, 0.25) is 0 Å². The van der Waals surface area contributed by atoms with Crippen LogP contribution in [0, 0.1) is 5.82 Å². The molecular weight excluding hydrogens is 353 g/mol. The maximum Gasteiger partial charge on any atom is 0.167 e. The molecule has 0 spiro atoms. The molecule has 4 aromatic rings. The second-order valence-corrected chi connectivity index (χ2v) is 5.86. The molecule has 0 unspecified atom stereocenters. The lowest BCUT2D eigenvalue weighted by molar-refractivity contribution is 0.459. The molecule has 0 aliphatic heterocycles. The van der Waals surface area contributed by atoms with Gasteiger partial charge in [0.2, 0.25) is 0 Å². The molecule has 2 aromatic heterocycles. The average molecular weight is 370 g/mol. The van der Waals surface area contributed by atoms with Crippen LogP contribution in [0.3, 0.4) is 0 Å². The molecule has 0 aliphatic rings. The zero-order valence-corrected chi connectivity index (χ0v) is 14.6. The molecule has 0 amide bonds. The predicted octanol–water partition coefficient (Wildman–Crippen LogP) is 4.69. The Hall–Kier alpha value is -2.76. The summed E-state index contributed by atoms with van der Waals surface area (Å²) in [7, 11) is 0. The Bertz CT molecular complexity index is 1030. The molecule has 132 valence electrons. The minimum atomic E-state index is -0.406. The quantitative estimate of drug-likeness (QED) is 0.566. The third-order valence-corrected chi connectivity index (χ3v) is 4.24. The van der Waals surface area contributed by atoms with E-state index in [4.69, 9.17) is 10.3 Å². The van der Waals surface area contributed by atoms with Crippen LogP contribution in [0.4, 0.5) is 4.39 Å². The molecule has 4 rings (SSSR count). The van der Waals surface area contributed by atoms with E-state index in [0.29, 0.717) is 12.1 Å². The Labute approximate surface area is 156 Å². The second kappa shape index (κ2) is 7.64. The number of para-hydroxylation sites is 1. The summed E-state index contributed by atoms with van der Waals surface area (Å²) in [5, 5.41) is 5.14. The second-order valence-electron chi connectivity index (χ2n) is 5.86. The van der Waals surface area contributed by atoms with Crippen LogP contribution >= 0.6 is 12.4 Å². The standard InChI is InChI=1S/C20H16FN3O.ClH/c21-16-9-5-11-23-18(16)12-17(22)13-6-1-2-7-14(13)20-15-8-3-4-10-19(15)25-24-20;/h1-11,17H,12,22H2;1H/t17-;/m0./s1. The number of hydrogen-bond donors (Lipinski definition) is 1. The van der Waals surface area contributed by atoms with Crippen LogP contribution in [0.15, 0.2) is 71.4 Å². The first-order chi connectivity index (χ1) is 12.2. The highest BCUT2D eigenvalue weighted by Gasteiger charge is 2.18. The molecule has 0 saturated heterocycles. The van der Waals surface area contributed by atoms with Crippen molar-refractivity contribution in [3.8, 4) is 11.3 Å². The zero-order valence-electron chi connectivity index (χ0n) is 13.8. The van der Waals surface area contributed by atoms with Gasteiger partial charge < -0.3 is 10.3 Å². The van der Waals surface area contributed by atoms with E-state index in [1.807, 2.05) is 48.5 Å². The molecular formula is C20H17ClFN3O. The fourth-order valence-electron chi connectivity index (χ4n) is 3.00. The van der Waals surface area contributed by atoms with Gasteiger partial charge in [0.15, 0.2) is 5.58 Å². The van der Waals surface area contributed by atoms with Crippen molar-refractivity contribution in [3.05, 3.63) is 83.9 Å². The number of halogens is 2. The molecule has 0 fully saturated rings. The maximum absolute atomic E-state index is 13.9. The lowest BCUT2D eigenvalue weighted by Gasteiger charge is -2.15. The fourth-order valence-corrected chi connectivity index (χ4v) is 3.00. The van der Waals surface area contributed by atoms with Crippen LogP contribution in [-0.2, 0) is 6.42 Å². The molecule has 6 heteroatoms. The smallest absolute Gasteiger partial charge is 0.167 e. The number of nitrogens with zero attached hydrogens (tertiary/aromatic N) is 2. The van der Waals surface area contributed by atoms with Crippen molar-refractivity contribution in [1.29, 1.82) is 0 Å².